The van der Waals surface area contributed by atoms with Crippen molar-refractivity contribution in [3.63, 3.8) is 0 Å². The van der Waals surface area contributed by atoms with Crippen LogP contribution >= 0.6 is 0 Å². The van der Waals surface area contributed by atoms with Crippen LogP contribution in [0.5, 0.6) is 0 Å². The lowest BCUT2D eigenvalue weighted by Gasteiger charge is -2.35. The van der Waals surface area contributed by atoms with Gasteiger partial charge in [-0.25, -0.2) is 14.5 Å². The van der Waals surface area contributed by atoms with Gasteiger partial charge in [0.15, 0.2) is 12.2 Å². The third kappa shape index (κ3) is 9.62. The van der Waals surface area contributed by atoms with Gasteiger partial charge in [-0.15, -0.1) is 0 Å². The Labute approximate surface area is 301 Å². The molecule has 278 valence electrons. The predicted octanol–water partition coefficient (Wildman–Crippen LogP) is 3.41. The number of carbonyl (C=O) groups excluding carboxylic acids is 6. The number of hydrogen-bond donors (Lipinski definition) is 2. The van der Waals surface area contributed by atoms with Crippen molar-refractivity contribution in [2.45, 2.75) is 84.3 Å². The lowest BCUT2D eigenvalue weighted by atomic mass is 9.99. The summed E-state index contributed by atoms with van der Waals surface area (Å²) in [6, 6.07) is 11.1. The zero-order valence-electron chi connectivity index (χ0n) is 30.2. The molecule has 2 N–H and O–H groups in total. The van der Waals surface area contributed by atoms with Gasteiger partial charge in [-0.2, -0.15) is 5.26 Å². The quantitative estimate of drug-likeness (QED) is 0.297. The highest BCUT2D eigenvalue weighted by molar-refractivity contribution is 6.05. The van der Waals surface area contributed by atoms with Crippen LogP contribution in [0.3, 0.4) is 0 Å². The number of amides is 5. The number of rotatable bonds is 8. The van der Waals surface area contributed by atoms with E-state index in [1.807, 2.05) is 6.07 Å². The SMILES string of the molecule is COC(=O)CN1C(=O)CCc2ccc(N3CCOC(C(O)C(=O)Nc4ccc(C#N)c(CN(C(=O)OC(C)(C)C)C(=O)OC(C)(C)C)c4)C3=O)cc21. The van der Waals surface area contributed by atoms with Crippen molar-refractivity contribution < 1.29 is 52.8 Å². The molecule has 0 saturated carbocycles. The zero-order chi connectivity index (χ0) is 38.5. The number of aryl methyl sites for hydroxylation is 1. The monoisotopic (exact) mass is 721 g/mol. The van der Waals surface area contributed by atoms with Crippen molar-refractivity contribution in [1.29, 1.82) is 5.26 Å². The zero-order valence-corrected chi connectivity index (χ0v) is 30.2. The molecule has 2 heterocycles. The number of nitrogens with zero attached hydrogens (tertiary/aromatic N) is 4. The summed E-state index contributed by atoms with van der Waals surface area (Å²) >= 11 is 0. The lowest BCUT2D eigenvalue weighted by Crippen LogP contribution is -2.55. The Bertz CT molecular complexity index is 1760. The number of nitrogens with one attached hydrogen (secondary N) is 1. The van der Waals surface area contributed by atoms with E-state index in [0.717, 1.165) is 5.56 Å². The van der Waals surface area contributed by atoms with Gasteiger partial charge in [0, 0.05) is 30.0 Å². The molecule has 0 spiro atoms. The highest BCUT2D eigenvalue weighted by Crippen LogP contribution is 2.33. The molecule has 5 amide bonds. The van der Waals surface area contributed by atoms with Crippen LogP contribution in [0.4, 0.5) is 26.7 Å². The molecule has 0 bridgehead atoms. The van der Waals surface area contributed by atoms with Crippen molar-refractivity contribution in [2.75, 3.05) is 41.9 Å². The van der Waals surface area contributed by atoms with E-state index in [9.17, 15) is 39.1 Å². The molecule has 2 aliphatic heterocycles. The highest BCUT2D eigenvalue weighted by Gasteiger charge is 2.40. The van der Waals surface area contributed by atoms with Crippen molar-refractivity contribution in [1.82, 2.24) is 4.90 Å². The van der Waals surface area contributed by atoms with Crippen LogP contribution in [0, 0.1) is 11.3 Å². The number of fused-ring (bicyclic) bond motifs is 1. The van der Waals surface area contributed by atoms with Crippen molar-refractivity contribution >= 4 is 52.9 Å². The first-order valence-corrected chi connectivity index (χ1v) is 16.5. The molecule has 0 aliphatic carbocycles. The summed E-state index contributed by atoms with van der Waals surface area (Å²) in [6.07, 6.45) is -4.98. The summed E-state index contributed by atoms with van der Waals surface area (Å²) in [4.78, 5) is 81.1. The molecule has 1 saturated heterocycles. The number of benzene rings is 2. The third-order valence-corrected chi connectivity index (χ3v) is 7.82. The average Bonchev–Trinajstić information content (AvgIpc) is 3.06. The Balaban J connectivity index is 1.53. The number of aliphatic hydroxyl groups is 1. The first kappa shape index (κ1) is 39.3. The molecule has 1 fully saturated rings. The summed E-state index contributed by atoms with van der Waals surface area (Å²) in [5, 5.41) is 23.3. The van der Waals surface area contributed by atoms with E-state index in [2.05, 4.69) is 5.32 Å². The summed E-state index contributed by atoms with van der Waals surface area (Å²) < 4.78 is 21.1. The van der Waals surface area contributed by atoms with Gasteiger partial charge in [0.2, 0.25) is 5.91 Å². The fourth-order valence-electron chi connectivity index (χ4n) is 5.42. The van der Waals surface area contributed by atoms with Crippen molar-refractivity contribution in [2.24, 2.45) is 0 Å². The van der Waals surface area contributed by atoms with Crippen LogP contribution in [-0.2, 0) is 51.1 Å². The number of nitriles is 1. The number of aliphatic hydroxyl groups excluding tert-OH is 1. The second-order valence-corrected chi connectivity index (χ2v) is 14.1. The Morgan fingerprint density at radius 3 is 2.27 bits per heavy atom. The number of morpholine rings is 1. The van der Waals surface area contributed by atoms with Crippen molar-refractivity contribution in [3.8, 4) is 6.07 Å². The van der Waals surface area contributed by atoms with E-state index >= 15 is 0 Å². The maximum atomic E-state index is 13.6. The highest BCUT2D eigenvalue weighted by atomic mass is 16.6. The predicted molar refractivity (Wildman–Crippen MR) is 185 cm³/mol. The second-order valence-electron chi connectivity index (χ2n) is 14.1. The van der Waals surface area contributed by atoms with E-state index in [1.165, 1.54) is 35.1 Å². The normalized spacial score (nSPS) is 16.6. The van der Waals surface area contributed by atoms with E-state index in [-0.39, 0.29) is 48.8 Å². The molecule has 52 heavy (non-hydrogen) atoms. The van der Waals surface area contributed by atoms with E-state index < -0.39 is 59.9 Å². The first-order valence-electron chi connectivity index (χ1n) is 16.5. The maximum absolute atomic E-state index is 13.6. The number of methoxy groups -OCH3 is 1. The molecule has 2 aromatic carbocycles. The molecule has 16 nitrogen and oxygen atoms in total. The molecule has 2 atom stereocenters. The fourth-order valence-corrected chi connectivity index (χ4v) is 5.42. The molecule has 4 rings (SSSR count). The van der Waals surface area contributed by atoms with E-state index in [4.69, 9.17) is 18.9 Å². The van der Waals surface area contributed by atoms with Gasteiger partial charge in [-0.3, -0.25) is 19.2 Å². The second kappa shape index (κ2) is 15.8. The summed E-state index contributed by atoms with van der Waals surface area (Å²) in [5.74, 6) is -2.61. The van der Waals surface area contributed by atoms with E-state index in [0.29, 0.717) is 22.7 Å². The number of imide groups is 1. The van der Waals surface area contributed by atoms with Gasteiger partial charge < -0.3 is 39.2 Å². The minimum Gasteiger partial charge on any atom is -0.468 e. The van der Waals surface area contributed by atoms with Crippen LogP contribution in [0.2, 0.25) is 0 Å². The van der Waals surface area contributed by atoms with Gasteiger partial charge in [-0.05, 0) is 89.4 Å². The Kier molecular flexibility index (Phi) is 11.9. The number of ether oxygens (including phenoxy) is 4. The molecule has 16 heteroatoms. The van der Waals surface area contributed by atoms with Crippen LogP contribution < -0.4 is 15.1 Å². The smallest absolute Gasteiger partial charge is 0.420 e. The van der Waals surface area contributed by atoms with Crippen molar-refractivity contribution in [3.05, 3.63) is 53.1 Å². The van der Waals surface area contributed by atoms with Gasteiger partial charge in [0.05, 0.1) is 31.9 Å². The number of carbonyl (C=O) groups is 6. The lowest BCUT2D eigenvalue weighted by molar-refractivity contribution is -0.150. The minimum absolute atomic E-state index is 0.0329. The number of hydrogen-bond acceptors (Lipinski definition) is 12. The number of anilines is 3. The molecule has 0 radical (unpaired) electrons. The molecular weight excluding hydrogens is 678 g/mol. The van der Waals surface area contributed by atoms with Crippen LogP contribution in [0.25, 0.3) is 0 Å². The van der Waals surface area contributed by atoms with Crippen LogP contribution in [0.1, 0.15) is 64.7 Å². The summed E-state index contributed by atoms with van der Waals surface area (Å²) in [7, 11) is 1.22. The Morgan fingerprint density at radius 2 is 1.67 bits per heavy atom. The molecule has 2 unspecified atom stereocenters. The Morgan fingerprint density at radius 1 is 1.02 bits per heavy atom. The topological polar surface area (TPSA) is 205 Å². The molecule has 2 aliphatic rings. The van der Waals surface area contributed by atoms with Gasteiger partial charge >= 0.3 is 18.2 Å². The average molecular weight is 722 g/mol. The number of esters is 1. The van der Waals surface area contributed by atoms with Gasteiger partial charge in [0.25, 0.3) is 11.8 Å². The summed E-state index contributed by atoms with van der Waals surface area (Å²) in [5.41, 5.74) is -0.00249. The molecule has 0 aromatic heterocycles. The van der Waals surface area contributed by atoms with Crippen LogP contribution in [0.15, 0.2) is 36.4 Å². The van der Waals surface area contributed by atoms with E-state index in [1.54, 1.807) is 59.7 Å². The summed E-state index contributed by atoms with van der Waals surface area (Å²) in [6.45, 7) is 9.02. The fraction of sp³-hybridized carbons (Fsp3) is 0.472. The van der Waals surface area contributed by atoms with Gasteiger partial charge in [-0.1, -0.05) is 6.07 Å². The largest absolute Gasteiger partial charge is 0.468 e. The third-order valence-electron chi connectivity index (χ3n) is 7.82. The minimum atomic E-state index is -1.98. The standard InChI is InChI=1S/C36H43N5O11/c1-35(2,3)51-33(47)41(34(48)52-36(4,5)6)19-23-16-24(11-8-22(23)18-37)38-31(45)29(44)30-32(46)39(14-15-50-30)25-12-9-21-10-13-27(42)40(26(21)17-25)20-28(43)49-7/h8-9,11-12,16-17,29-30,44H,10,13-15,19-20H2,1-7H3,(H,38,45). The van der Waals surface area contributed by atoms with Gasteiger partial charge in [0.1, 0.15) is 17.7 Å². The maximum Gasteiger partial charge on any atom is 0.420 e. The Hall–Kier alpha value is -5.53. The molecular formula is C36H43N5O11. The molecule has 2 aromatic rings. The first-order chi connectivity index (χ1) is 24.3. The van der Waals surface area contributed by atoms with Crippen LogP contribution in [-0.4, -0.2) is 96.1 Å².